The van der Waals surface area contributed by atoms with Crippen molar-refractivity contribution in [2.45, 2.75) is 50.8 Å². The van der Waals surface area contributed by atoms with Crippen LogP contribution in [-0.2, 0) is 17.6 Å². The average Bonchev–Trinajstić information content (AvgIpc) is 3.39. The minimum atomic E-state index is -0.536. The van der Waals surface area contributed by atoms with Gasteiger partial charge >= 0.3 is 0 Å². The lowest BCUT2D eigenvalue weighted by atomic mass is 9.91. The molecule has 33 heavy (non-hydrogen) atoms. The molecule has 0 aromatic carbocycles. The number of halogens is 1. The minimum absolute atomic E-state index is 0.108. The summed E-state index contributed by atoms with van der Waals surface area (Å²) < 4.78 is 21.5. The predicted octanol–water partition coefficient (Wildman–Crippen LogP) is 2.62. The van der Waals surface area contributed by atoms with Crippen molar-refractivity contribution in [3.8, 4) is 0 Å². The topological polar surface area (TPSA) is 119 Å². The molecular formula is C22H27FN6O2S2. The van der Waals surface area contributed by atoms with Crippen molar-refractivity contribution >= 4 is 49.6 Å². The number of aryl methyl sites for hydroxylation is 2. The smallest absolute Gasteiger partial charge is 0.263 e. The van der Waals surface area contributed by atoms with Crippen LogP contribution >= 0.6 is 22.7 Å². The van der Waals surface area contributed by atoms with E-state index in [1.54, 1.807) is 13.2 Å². The highest BCUT2D eigenvalue weighted by molar-refractivity contribution is 7.29. The van der Waals surface area contributed by atoms with E-state index in [1.807, 2.05) is 18.7 Å². The minimum Gasteiger partial charge on any atom is -0.396 e. The van der Waals surface area contributed by atoms with Crippen LogP contribution in [0.25, 0.3) is 9.53 Å². The maximum Gasteiger partial charge on any atom is 0.263 e. The first-order chi connectivity index (χ1) is 15.7. The lowest BCUT2D eigenvalue weighted by molar-refractivity contribution is 0.0128. The Morgan fingerprint density at radius 1 is 1.39 bits per heavy atom. The molecule has 5 N–H and O–H groups in total. The number of nitrogens with two attached hydrogens (primary N) is 2. The zero-order chi connectivity index (χ0) is 23.5. The Morgan fingerprint density at radius 3 is 2.88 bits per heavy atom. The van der Waals surface area contributed by atoms with Gasteiger partial charge in [-0.1, -0.05) is 0 Å². The summed E-state index contributed by atoms with van der Waals surface area (Å²) >= 11 is 2.80. The molecule has 176 valence electrons. The number of rotatable bonds is 4. The molecule has 1 amide bonds. The van der Waals surface area contributed by atoms with E-state index in [1.165, 1.54) is 22.7 Å². The molecule has 1 saturated heterocycles. The highest BCUT2D eigenvalue weighted by Crippen LogP contribution is 2.37. The molecule has 5 rings (SSSR count). The van der Waals surface area contributed by atoms with Gasteiger partial charge in [0.25, 0.3) is 5.91 Å². The lowest BCUT2D eigenvalue weighted by Gasteiger charge is -2.28. The van der Waals surface area contributed by atoms with Gasteiger partial charge in [0.15, 0.2) is 11.6 Å². The van der Waals surface area contributed by atoms with E-state index >= 15 is 4.39 Å². The van der Waals surface area contributed by atoms with E-state index in [9.17, 15) is 4.79 Å². The molecule has 3 atom stereocenters. The summed E-state index contributed by atoms with van der Waals surface area (Å²) in [4.78, 5) is 25.1. The lowest BCUT2D eigenvalue weighted by Crippen LogP contribution is -2.45. The van der Waals surface area contributed by atoms with Gasteiger partial charge in [-0.15, -0.1) is 22.7 Å². The first-order valence-corrected chi connectivity index (χ1v) is 12.5. The molecule has 2 aliphatic rings. The SMILES string of the molecule is COC1(C)CN(c2nc3c(cc2F)CC(NC(=O)c2sc4nc(C)sc4c2N)CC3)CC1N. The van der Waals surface area contributed by atoms with Crippen molar-refractivity contribution < 1.29 is 13.9 Å². The van der Waals surface area contributed by atoms with Crippen molar-refractivity contribution in [2.24, 2.45) is 5.73 Å². The molecule has 1 aliphatic carbocycles. The van der Waals surface area contributed by atoms with Crippen LogP contribution in [0.3, 0.4) is 0 Å². The predicted molar refractivity (Wildman–Crippen MR) is 130 cm³/mol. The van der Waals surface area contributed by atoms with Crippen molar-refractivity contribution in [1.82, 2.24) is 15.3 Å². The van der Waals surface area contributed by atoms with Crippen molar-refractivity contribution in [3.05, 3.63) is 33.0 Å². The van der Waals surface area contributed by atoms with Crippen LogP contribution < -0.4 is 21.7 Å². The molecule has 3 aromatic rings. The first kappa shape index (κ1) is 22.5. The highest BCUT2D eigenvalue weighted by atomic mass is 32.1. The van der Waals surface area contributed by atoms with Crippen LogP contribution in [0.4, 0.5) is 15.9 Å². The van der Waals surface area contributed by atoms with E-state index in [0.29, 0.717) is 42.3 Å². The van der Waals surface area contributed by atoms with Gasteiger partial charge in [0.1, 0.15) is 9.71 Å². The molecule has 0 bridgehead atoms. The van der Waals surface area contributed by atoms with Crippen LogP contribution in [0.2, 0.25) is 0 Å². The number of ether oxygens (including phenoxy) is 1. The fourth-order valence-electron chi connectivity index (χ4n) is 4.66. The molecular weight excluding hydrogens is 463 g/mol. The fraction of sp³-hybridized carbons (Fsp3) is 0.500. The summed E-state index contributed by atoms with van der Waals surface area (Å²) in [5.74, 6) is -0.261. The Hall–Kier alpha value is -2.34. The summed E-state index contributed by atoms with van der Waals surface area (Å²) in [6, 6.07) is 1.22. The van der Waals surface area contributed by atoms with Gasteiger partial charge < -0.3 is 26.4 Å². The summed E-state index contributed by atoms with van der Waals surface area (Å²) in [5, 5.41) is 4.00. The monoisotopic (exact) mass is 490 g/mol. The number of pyridine rings is 1. The normalized spacial score (nSPS) is 24.9. The third-order valence-corrected chi connectivity index (χ3v) is 8.96. The van der Waals surface area contributed by atoms with E-state index in [2.05, 4.69) is 15.3 Å². The number of nitrogens with zero attached hydrogens (tertiary/aromatic N) is 3. The Kier molecular flexibility index (Phi) is 5.55. The Labute approximate surface area is 199 Å². The van der Waals surface area contributed by atoms with Crippen molar-refractivity contribution in [2.75, 3.05) is 30.8 Å². The summed E-state index contributed by atoms with van der Waals surface area (Å²) in [6.07, 6.45) is 1.91. The van der Waals surface area contributed by atoms with Gasteiger partial charge in [0.05, 0.1) is 27.0 Å². The number of amides is 1. The quantitative estimate of drug-likeness (QED) is 0.514. The average molecular weight is 491 g/mol. The third kappa shape index (κ3) is 3.86. The van der Waals surface area contributed by atoms with Gasteiger partial charge in [-0.3, -0.25) is 4.79 Å². The van der Waals surface area contributed by atoms with Crippen LogP contribution in [0.15, 0.2) is 6.07 Å². The van der Waals surface area contributed by atoms with Crippen LogP contribution in [-0.4, -0.2) is 53.8 Å². The number of aromatic nitrogens is 2. The molecule has 3 aromatic heterocycles. The van der Waals surface area contributed by atoms with E-state index in [4.69, 9.17) is 16.2 Å². The number of anilines is 2. The number of thiophene rings is 1. The number of nitrogen functional groups attached to an aromatic ring is 1. The second-order valence-corrected chi connectivity index (χ2v) is 11.2. The molecule has 4 heterocycles. The third-order valence-electron chi connectivity index (χ3n) is 6.73. The van der Waals surface area contributed by atoms with Gasteiger partial charge in [-0.2, -0.15) is 0 Å². The summed E-state index contributed by atoms with van der Waals surface area (Å²) in [6.45, 7) is 4.82. The molecule has 0 radical (unpaired) electrons. The largest absolute Gasteiger partial charge is 0.396 e. The number of fused-ring (bicyclic) bond motifs is 2. The number of methoxy groups -OCH3 is 1. The van der Waals surface area contributed by atoms with Gasteiger partial charge in [0, 0.05) is 31.9 Å². The standard InChI is InChI=1S/C22H27FN6O2S2/c1-10-26-21-18(32-10)16(25)17(33-21)20(30)27-12-4-5-14-11(6-12)7-13(23)19(28-14)29-8-15(24)22(2,9-29)31-3/h7,12,15H,4-6,8-9,24-25H2,1-3H3,(H,27,30). The Bertz CT molecular complexity index is 1240. The molecule has 3 unspecified atom stereocenters. The molecule has 11 heteroatoms. The molecule has 1 fully saturated rings. The highest BCUT2D eigenvalue weighted by Gasteiger charge is 2.42. The summed E-state index contributed by atoms with van der Waals surface area (Å²) in [5.41, 5.74) is 14.1. The van der Waals surface area contributed by atoms with Gasteiger partial charge in [0.2, 0.25) is 0 Å². The summed E-state index contributed by atoms with van der Waals surface area (Å²) in [7, 11) is 1.62. The van der Waals surface area contributed by atoms with Crippen LogP contribution in [0.5, 0.6) is 0 Å². The number of nitrogens with one attached hydrogen (secondary N) is 1. The zero-order valence-corrected chi connectivity index (χ0v) is 20.4. The maximum atomic E-state index is 15.0. The van der Waals surface area contributed by atoms with Crippen molar-refractivity contribution in [1.29, 1.82) is 0 Å². The van der Waals surface area contributed by atoms with Crippen LogP contribution in [0, 0.1) is 12.7 Å². The number of hydrogen-bond acceptors (Lipinski definition) is 9. The fourth-order valence-corrected chi connectivity index (χ4v) is 6.75. The Balaban J connectivity index is 1.31. The molecule has 8 nitrogen and oxygen atoms in total. The van der Waals surface area contributed by atoms with E-state index < -0.39 is 5.60 Å². The zero-order valence-electron chi connectivity index (χ0n) is 18.8. The van der Waals surface area contributed by atoms with E-state index in [0.717, 1.165) is 32.2 Å². The molecule has 0 spiro atoms. The van der Waals surface area contributed by atoms with Gasteiger partial charge in [-0.25, -0.2) is 14.4 Å². The number of carbonyl (C=O) groups excluding carboxylic acids is 1. The second kappa shape index (κ2) is 8.15. The first-order valence-electron chi connectivity index (χ1n) is 10.9. The molecule has 0 saturated carbocycles. The molecule has 1 aliphatic heterocycles. The Morgan fingerprint density at radius 2 is 2.18 bits per heavy atom. The second-order valence-electron chi connectivity index (χ2n) is 9.03. The number of carbonyl (C=O) groups is 1. The number of thiazole rings is 1. The van der Waals surface area contributed by atoms with E-state index in [-0.39, 0.29) is 23.8 Å². The van der Waals surface area contributed by atoms with Crippen molar-refractivity contribution in [3.63, 3.8) is 0 Å². The van der Waals surface area contributed by atoms with Gasteiger partial charge in [-0.05, 0) is 44.7 Å². The van der Waals surface area contributed by atoms with Crippen LogP contribution in [0.1, 0.15) is 39.3 Å². The number of hydrogen-bond donors (Lipinski definition) is 3. The maximum absolute atomic E-state index is 15.0.